The normalized spacial score (nSPS) is 22.3. The molecule has 26 heavy (non-hydrogen) atoms. The number of piperazine rings is 1. The molecule has 2 amide bonds. The summed E-state index contributed by atoms with van der Waals surface area (Å²) < 4.78 is 23.5. The predicted octanol–water partition coefficient (Wildman–Crippen LogP) is 0.00920. The summed E-state index contributed by atoms with van der Waals surface area (Å²) in [6.45, 7) is 4.93. The van der Waals surface area contributed by atoms with Gasteiger partial charge in [-0.05, 0) is 25.5 Å². The van der Waals surface area contributed by atoms with Crippen LogP contribution in [0, 0.1) is 0 Å². The second kappa shape index (κ2) is 7.61. The zero-order chi connectivity index (χ0) is 18.7. The zero-order valence-corrected chi connectivity index (χ0v) is 15.7. The van der Waals surface area contributed by atoms with Gasteiger partial charge >= 0.3 is 0 Å². The molecule has 0 radical (unpaired) electrons. The Balaban J connectivity index is 1.74. The molecule has 9 heteroatoms. The van der Waals surface area contributed by atoms with Crippen LogP contribution in [-0.4, -0.2) is 85.8 Å². The highest BCUT2D eigenvalue weighted by atomic mass is 32.2. The minimum Gasteiger partial charge on any atom is -0.353 e. The molecule has 3 rings (SSSR count). The fraction of sp³-hybridized carbons (Fsp3) is 0.588. The minimum atomic E-state index is -3.05. The van der Waals surface area contributed by atoms with E-state index in [4.69, 9.17) is 0 Å². The molecule has 0 bridgehead atoms. The Morgan fingerprint density at radius 1 is 1.35 bits per heavy atom. The zero-order valence-electron chi connectivity index (χ0n) is 14.9. The Bertz CT molecular complexity index is 775. The van der Waals surface area contributed by atoms with Gasteiger partial charge in [0.25, 0.3) is 5.91 Å². The third kappa shape index (κ3) is 3.98. The number of carbonyl (C=O) groups excluding carboxylic acids is 2. The highest BCUT2D eigenvalue weighted by molar-refractivity contribution is 7.91. The first-order valence-electron chi connectivity index (χ1n) is 8.85. The van der Waals surface area contributed by atoms with Gasteiger partial charge in [-0.25, -0.2) is 13.4 Å². The maximum Gasteiger partial charge on any atom is 0.254 e. The van der Waals surface area contributed by atoms with Gasteiger partial charge in [0.05, 0.1) is 11.5 Å². The number of hydrogen-bond donors (Lipinski definition) is 0. The number of carbonyl (C=O) groups is 2. The lowest BCUT2D eigenvalue weighted by atomic mass is 10.1. The standard InChI is InChI=1S/C17H24N4O4S/c1-2-21(15-4-10-26(24,25)12-15)17(23)14-3-5-18-16(11-14)20-8-6-19(13-22)7-9-20/h3,5,11,13,15H,2,4,6-10,12H2,1H3. The van der Waals surface area contributed by atoms with Crippen LogP contribution >= 0.6 is 0 Å². The van der Waals surface area contributed by atoms with E-state index < -0.39 is 9.84 Å². The van der Waals surface area contributed by atoms with Crippen molar-refractivity contribution < 1.29 is 18.0 Å². The van der Waals surface area contributed by atoms with Gasteiger partial charge in [0.1, 0.15) is 5.82 Å². The number of anilines is 1. The molecule has 1 aromatic rings. The molecule has 0 N–H and O–H groups in total. The molecule has 2 saturated heterocycles. The van der Waals surface area contributed by atoms with Crippen molar-refractivity contribution in [2.45, 2.75) is 19.4 Å². The molecule has 1 unspecified atom stereocenters. The largest absolute Gasteiger partial charge is 0.353 e. The van der Waals surface area contributed by atoms with Crippen LogP contribution in [0.1, 0.15) is 23.7 Å². The van der Waals surface area contributed by atoms with Gasteiger partial charge in [-0.1, -0.05) is 0 Å². The minimum absolute atomic E-state index is 0.0399. The SMILES string of the molecule is CCN(C(=O)c1ccnc(N2CCN(C=O)CC2)c1)C1CCS(=O)(=O)C1. The van der Waals surface area contributed by atoms with Crippen molar-refractivity contribution in [3.05, 3.63) is 23.9 Å². The quantitative estimate of drug-likeness (QED) is 0.669. The number of amides is 2. The van der Waals surface area contributed by atoms with Crippen molar-refractivity contribution in [1.29, 1.82) is 0 Å². The first kappa shape index (κ1) is 18.6. The third-order valence-corrected chi connectivity index (χ3v) is 6.78. The molecule has 1 aromatic heterocycles. The monoisotopic (exact) mass is 380 g/mol. The van der Waals surface area contributed by atoms with Crippen LogP contribution in [0.2, 0.25) is 0 Å². The first-order valence-corrected chi connectivity index (χ1v) is 10.7. The number of hydrogen-bond acceptors (Lipinski definition) is 6. The lowest BCUT2D eigenvalue weighted by Gasteiger charge is -2.33. The highest BCUT2D eigenvalue weighted by Gasteiger charge is 2.34. The molecule has 8 nitrogen and oxygen atoms in total. The van der Waals surface area contributed by atoms with Crippen LogP contribution in [0.5, 0.6) is 0 Å². The summed E-state index contributed by atoms with van der Waals surface area (Å²) in [5.41, 5.74) is 0.513. The molecule has 2 aliphatic rings. The summed E-state index contributed by atoms with van der Waals surface area (Å²) >= 11 is 0. The Morgan fingerprint density at radius 3 is 2.65 bits per heavy atom. The fourth-order valence-electron chi connectivity index (χ4n) is 3.54. The smallest absolute Gasteiger partial charge is 0.254 e. The molecule has 1 atom stereocenters. The van der Waals surface area contributed by atoms with E-state index in [0.717, 1.165) is 6.41 Å². The molecule has 0 spiro atoms. The maximum absolute atomic E-state index is 12.9. The Kier molecular flexibility index (Phi) is 5.45. The predicted molar refractivity (Wildman–Crippen MR) is 97.9 cm³/mol. The summed E-state index contributed by atoms with van der Waals surface area (Å²) in [6.07, 6.45) is 2.95. The van der Waals surface area contributed by atoms with E-state index in [9.17, 15) is 18.0 Å². The lowest BCUT2D eigenvalue weighted by molar-refractivity contribution is -0.118. The number of sulfone groups is 1. The van der Waals surface area contributed by atoms with E-state index in [1.807, 2.05) is 11.8 Å². The van der Waals surface area contributed by atoms with Crippen molar-refractivity contribution in [2.24, 2.45) is 0 Å². The van der Waals surface area contributed by atoms with Crippen LogP contribution in [0.25, 0.3) is 0 Å². The van der Waals surface area contributed by atoms with E-state index in [1.54, 1.807) is 28.1 Å². The summed E-state index contributed by atoms with van der Waals surface area (Å²) in [4.78, 5) is 33.5. The summed E-state index contributed by atoms with van der Waals surface area (Å²) in [7, 11) is -3.05. The van der Waals surface area contributed by atoms with Crippen molar-refractivity contribution in [2.75, 3.05) is 49.1 Å². The summed E-state index contributed by atoms with van der Waals surface area (Å²) in [6, 6.07) is 3.16. The first-order chi connectivity index (χ1) is 12.4. The van der Waals surface area contributed by atoms with Crippen molar-refractivity contribution in [1.82, 2.24) is 14.8 Å². The summed E-state index contributed by atoms with van der Waals surface area (Å²) in [5.74, 6) is 0.726. The Morgan fingerprint density at radius 2 is 2.08 bits per heavy atom. The van der Waals surface area contributed by atoms with Crippen molar-refractivity contribution in [3.8, 4) is 0 Å². The van der Waals surface area contributed by atoms with Crippen LogP contribution in [0.4, 0.5) is 5.82 Å². The number of aromatic nitrogens is 1. The second-order valence-electron chi connectivity index (χ2n) is 6.68. The topological polar surface area (TPSA) is 90.9 Å². The van der Waals surface area contributed by atoms with Crippen molar-refractivity contribution >= 4 is 28.0 Å². The van der Waals surface area contributed by atoms with Crippen LogP contribution in [0.15, 0.2) is 18.3 Å². The van der Waals surface area contributed by atoms with Crippen LogP contribution < -0.4 is 4.90 Å². The lowest BCUT2D eigenvalue weighted by Crippen LogP contribution is -2.46. The second-order valence-corrected chi connectivity index (χ2v) is 8.91. The fourth-order valence-corrected chi connectivity index (χ4v) is 5.27. The molecule has 0 aromatic carbocycles. The number of pyridine rings is 1. The van der Waals surface area contributed by atoms with Crippen molar-refractivity contribution in [3.63, 3.8) is 0 Å². The average molecular weight is 380 g/mol. The van der Waals surface area contributed by atoms with E-state index in [2.05, 4.69) is 4.98 Å². The molecule has 142 valence electrons. The highest BCUT2D eigenvalue weighted by Crippen LogP contribution is 2.21. The molecule has 2 fully saturated rings. The molecule has 0 aliphatic carbocycles. The van der Waals surface area contributed by atoms with E-state index in [-0.39, 0.29) is 23.5 Å². The molecular formula is C17H24N4O4S. The van der Waals surface area contributed by atoms with Crippen LogP contribution in [0.3, 0.4) is 0 Å². The molecular weight excluding hydrogens is 356 g/mol. The van der Waals surface area contributed by atoms with Gasteiger partial charge in [0, 0.05) is 50.5 Å². The molecule has 0 saturated carbocycles. The van der Waals surface area contributed by atoms with Gasteiger partial charge in [-0.15, -0.1) is 0 Å². The van der Waals surface area contributed by atoms with Gasteiger partial charge in [0.15, 0.2) is 9.84 Å². The van der Waals surface area contributed by atoms with Gasteiger partial charge in [-0.3, -0.25) is 9.59 Å². The average Bonchev–Trinajstić information content (AvgIpc) is 3.02. The number of rotatable bonds is 5. The maximum atomic E-state index is 12.9. The van der Waals surface area contributed by atoms with Crippen LogP contribution in [-0.2, 0) is 14.6 Å². The molecule has 3 heterocycles. The van der Waals surface area contributed by atoms with E-state index in [0.29, 0.717) is 50.5 Å². The molecule has 2 aliphatic heterocycles. The van der Waals surface area contributed by atoms with E-state index in [1.165, 1.54) is 0 Å². The Hall–Kier alpha value is -2.16. The van der Waals surface area contributed by atoms with Gasteiger partial charge in [-0.2, -0.15) is 0 Å². The van der Waals surface area contributed by atoms with E-state index >= 15 is 0 Å². The third-order valence-electron chi connectivity index (χ3n) is 5.03. The summed E-state index contributed by atoms with van der Waals surface area (Å²) in [5, 5.41) is 0. The Labute approximate surface area is 153 Å². The number of nitrogens with zero attached hydrogens (tertiary/aromatic N) is 4. The van der Waals surface area contributed by atoms with Gasteiger partial charge < -0.3 is 14.7 Å². The van der Waals surface area contributed by atoms with Gasteiger partial charge in [0.2, 0.25) is 6.41 Å².